The van der Waals surface area contributed by atoms with Crippen molar-refractivity contribution < 1.29 is 0 Å². The van der Waals surface area contributed by atoms with Crippen LogP contribution in [0.2, 0.25) is 5.15 Å². The SMILES string of the molecule is CN(C)C1CCN(c2cccc(Cl)n2)CC1. The van der Waals surface area contributed by atoms with Crippen LogP contribution in [0.1, 0.15) is 12.8 Å². The summed E-state index contributed by atoms with van der Waals surface area (Å²) in [4.78, 5) is 8.96. The lowest BCUT2D eigenvalue weighted by molar-refractivity contribution is 0.249. The number of anilines is 1. The van der Waals surface area contributed by atoms with Crippen molar-refractivity contribution in [2.24, 2.45) is 0 Å². The van der Waals surface area contributed by atoms with E-state index in [4.69, 9.17) is 11.6 Å². The van der Waals surface area contributed by atoms with E-state index in [1.54, 1.807) is 0 Å². The summed E-state index contributed by atoms with van der Waals surface area (Å²) in [6.45, 7) is 2.13. The van der Waals surface area contributed by atoms with Crippen molar-refractivity contribution >= 4 is 17.4 Å². The maximum atomic E-state index is 5.90. The predicted octanol–water partition coefficient (Wildman–Crippen LogP) is 2.27. The summed E-state index contributed by atoms with van der Waals surface area (Å²) in [6.07, 6.45) is 2.39. The average molecular weight is 240 g/mol. The molecular formula is C12H18ClN3. The fourth-order valence-electron chi connectivity index (χ4n) is 2.19. The number of pyridine rings is 1. The van der Waals surface area contributed by atoms with E-state index in [-0.39, 0.29) is 0 Å². The summed E-state index contributed by atoms with van der Waals surface area (Å²) in [7, 11) is 4.30. The molecule has 1 saturated heterocycles. The van der Waals surface area contributed by atoms with Gasteiger partial charge in [0.05, 0.1) is 0 Å². The second-order valence-corrected chi connectivity index (χ2v) is 4.89. The van der Waals surface area contributed by atoms with Crippen molar-refractivity contribution in [2.45, 2.75) is 18.9 Å². The molecule has 0 saturated carbocycles. The van der Waals surface area contributed by atoms with Gasteiger partial charge in [-0.05, 0) is 39.1 Å². The number of hydrogen-bond acceptors (Lipinski definition) is 3. The normalized spacial score (nSPS) is 18.1. The van der Waals surface area contributed by atoms with Gasteiger partial charge in [0.25, 0.3) is 0 Å². The molecule has 0 spiro atoms. The average Bonchev–Trinajstić information content (AvgIpc) is 2.29. The minimum absolute atomic E-state index is 0.576. The number of aromatic nitrogens is 1. The largest absolute Gasteiger partial charge is 0.356 e. The molecule has 3 nitrogen and oxygen atoms in total. The summed E-state index contributed by atoms with van der Waals surface area (Å²) in [5.74, 6) is 1.00. The molecule has 2 heterocycles. The summed E-state index contributed by atoms with van der Waals surface area (Å²) in [5.41, 5.74) is 0. The van der Waals surface area contributed by atoms with Gasteiger partial charge < -0.3 is 9.80 Å². The third kappa shape index (κ3) is 2.66. The van der Waals surface area contributed by atoms with Crippen LogP contribution in [0.3, 0.4) is 0 Å². The van der Waals surface area contributed by atoms with Crippen LogP contribution >= 0.6 is 11.6 Å². The molecule has 0 amide bonds. The topological polar surface area (TPSA) is 19.4 Å². The van der Waals surface area contributed by atoms with Crippen LogP contribution in [0, 0.1) is 0 Å². The first kappa shape index (κ1) is 11.7. The zero-order valence-corrected chi connectivity index (χ0v) is 10.6. The molecule has 1 aromatic rings. The highest BCUT2D eigenvalue weighted by molar-refractivity contribution is 6.29. The number of hydrogen-bond donors (Lipinski definition) is 0. The van der Waals surface area contributed by atoms with Crippen LogP contribution in [0.25, 0.3) is 0 Å². The lowest BCUT2D eigenvalue weighted by Gasteiger charge is -2.35. The van der Waals surface area contributed by atoms with E-state index in [1.807, 2.05) is 18.2 Å². The van der Waals surface area contributed by atoms with Crippen LogP contribution in [-0.4, -0.2) is 43.1 Å². The summed E-state index contributed by atoms with van der Waals surface area (Å²) < 4.78 is 0. The Balaban J connectivity index is 1.99. The quantitative estimate of drug-likeness (QED) is 0.739. The fourth-order valence-corrected chi connectivity index (χ4v) is 2.34. The maximum Gasteiger partial charge on any atom is 0.131 e. The molecule has 16 heavy (non-hydrogen) atoms. The molecule has 2 rings (SSSR count). The lowest BCUT2D eigenvalue weighted by atomic mass is 10.0. The summed E-state index contributed by atoms with van der Waals surface area (Å²) in [5, 5.41) is 0.576. The van der Waals surface area contributed by atoms with Gasteiger partial charge >= 0.3 is 0 Å². The van der Waals surface area contributed by atoms with Crippen molar-refractivity contribution in [2.75, 3.05) is 32.1 Å². The zero-order chi connectivity index (χ0) is 11.5. The Kier molecular flexibility index (Phi) is 3.66. The maximum absolute atomic E-state index is 5.90. The van der Waals surface area contributed by atoms with Crippen molar-refractivity contribution in [1.29, 1.82) is 0 Å². The van der Waals surface area contributed by atoms with Crippen molar-refractivity contribution in [3.63, 3.8) is 0 Å². The van der Waals surface area contributed by atoms with E-state index < -0.39 is 0 Å². The minimum atomic E-state index is 0.576. The smallest absolute Gasteiger partial charge is 0.131 e. The molecule has 0 N–H and O–H groups in total. The first-order chi connectivity index (χ1) is 7.66. The lowest BCUT2D eigenvalue weighted by Crippen LogP contribution is -2.42. The molecule has 1 aromatic heterocycles. The molecule has 0 aromatic carbocycles. The van der Waals surface area contributed by atoms with Gasteiger partial charge in [0.2, 0.25) is 0 Å². The highest BCUT2D eigenvalue weighted by atomic mass is 35.5. The van der Waals surface area contributed by atoms with Gasteiger partial charge in [-0.3, -0.25) is 0 Å². The highest BCUT2D eigenvalue weighted by Gasteiger charge is 2.21. The molecule has 0 atom stereocenters. The Morgan fingerprint density at radius 2 is 2.00 bits per heavy atom. The zero-order valence-electron chi connectivity index (χ0n) is 9.86. The Labute approximate surface area is 102 Å². The van der Waals surface area contributed by atoms with Gasteiger partial charge in [0.15, 0.2) is 0 Å². The van der Waals surface area contributed by atoms with Crippen molar-refractivity contribution in [3.05, 3.63) is 23.4 Å². The van der Waals surface area contributed by atoms with Gasteiger partial charge in [0, 0.05) is 19.1 Å². The van der Waals surface area contributed by atoms with Crippen molar-refractivity contribution in [1.82, 2.24) is 9.88 Å². The standard InChI is InChI=1S/C12H18ClN3/c1-15(2)10-6-8-16(9-7-10)12-5-3-4-11(13)14-12/h3-5,10H,6-9H2,1-2H3. The third-order valence-electron chi connectivity index (χ3n) is 3.22. The number of piperidine rings is 1. The van der Waals surface area contributed by atoms with Crippen molar-refractivity contribution in [3.8, 4) is 0 Å². The van der Waals surface area contributed by atoms with Crippen LogP contribution in [0.4, 0.5) is 5.82 Å². The van der Waals surface area contributed by atoms with Crippen LogP contribution in [-0.2, 0) is 0 Å². The number of halogens is 1. The fraction of sp³-hybridized carbons (Fsp3) is 0.583. The van der Waals surface area contributed by atoms with E-state index in [2.05, 4.69) is 28.9 Å². The van der Waals surface area contributed by atoms with E-state index in [1.165, 1.54) is 12.8 Å². The third-order valence-corrected chi connectivity index (χ3v) is 3.43. The second kappa shape index (κ2) is 5.02. The molecule has 1 aliphatic heterocycles. The van der Waals surface area contributed by atoms with Crippen LogP contribution in [0.15, 0.2) is 18.2 Å². The second-order valence-electron chi connectivity index (χ2n) is 4.50. The summed E-state index contributed by atoms with van der Waals surface area (Å²) >= 11 is 5.90. The van der Waals surface area contributed by atoms with Gasteiger partial charge in [-0.25, -0.2) is 4.98 Å². The van der Waals surface area contributed by atoms with Gasteiger partial charge in [-0.15, -0.1) is 0 Å². The molecule has 1 fully saturated rings. The minimum Gasteiger partial charge on any atom is -0.356 e. The van der Waals surface area contributed by atoms with Gasteiger partial charge in [-0.1, -0.05) is 17.7 Å². The van der Waals surface area contributed by atoms with E-state index in [9.17, 15) is 0 Å². The number of rotatable bonds is 2. The molecule has 0 radical (unpaired) electrons. The Morgan fingerprint density at radius 1 is 1.31 bits per heavy atom. The first-order valence-corrected chi connectivity index (χ1v) is 6.08. The van der Waals surface area contributed by atoms with Crippen LogP contribution < -0.4 is 4.90 Å². The molecule has 0 unspecified atom stereocenters. The molecule has 1 aliphatic rings. The molecule has 88 valence electrons. The number of nitrogens with zero attached hydrogens (tertiary/aromatic N) is 3. The molecule has 0 bridgehead atoms. The molecular weight excluding hydrogens is 222 g/mol. The Bertz CT molecular complexity index is 346. The monoisotopic (exact) mass is 239 g/mol. The van der Waals surface area contributed by atoms with Gasteiger partial charge in [-0.2, -0.15) is 0 Å². The van der Waals surface area contributed by atoms with Gasteiger partial charge in [0.1, 0.15) is 11.0 Å². The Morgan fingerprint density at radius 3 is 2.56 bits per heavy atom. The van der Waals surface area contributed by atoms with Crippen LogP contribution in [0.5, 0.6) is 0 Å². The molecule has 0 aliphatic carbocycles. The van der Waals surface area contributed by atoms with E-state index in [0.717, 1.165) is 18.9 Å². The first-order valence-electron chi connectivity index (χ1n) is 5.71. The molecule has 4 heteroatoms. The summed E-state index contributed by atoms with van der Waals surface area (Å²) in [6, 6.07) is 6.51. The highest BCUT2D eigenvalue weighted by Crippen LogP contribution is 2.21. The Hall–Kier alpha value is -0.800. The van der Waals surface area contributed by atoms with E-state index in [0.29, 0.717) is 11.2 Å². The predicted molar refractivity (Wildman–Crippen MR) is 68.2 cm³/mol. The van der Waals surface area contributed by atoms with E-state index >= 15 is 0 Å².